The summed E-state index contributed by atoms with van der Waals surface area (Å²) in [5, 5.41) is 2.73. The molecule has 2 aromatic carbocycles. The molecule has 0 saturated heterocycles. The van der Waals surface area contributed by atoms with Crippen molar-refractivity contribution in [3.8, 4) is 23.1 Å². The van der Waals surface area contributed by atoms with Crippen molar-refractivity contribution in [1.29, 1.82) is 0 Å². The second-order valence-corrected chi connectivity index (χ2v) is 6.49. The number of pyridine rings is 1. The van der Waals surface area contributed by atoms with E-state index < -0.39 is 0 Å². The van der Waals surface area contributed by atoms with Gasteiger partial charge >= 0.3 is 0 Å². The first kappa shape index (κ1) is 19.3. The number of carbonyl (C=O) groups excluding carboxylic acids is 2. The fourth-order valence-electron chi connectivity index (χ4n) is 3.05. The van der Waals surface area contributed by atoms with Gasteiger partial charge in [-0.1, -0.05) is 12.1 Å². The smallest absolute Gasteiger partial charge is 0.262 e. The minimum absolute atomic E-state index is 0.211. The normalized spacial score (nSPS) is 12.2. The number of hydrogen-bond donors (Lipinski definition) is 1. The number of methoxy groups -OCH3 is 1. The second kappa shape index (κ2) is 8.12. The number of hydrogen-bond acceptors (Lipinski definition) is 6. The number of aromatic nitrogens is 1. The van der Waals surface area contributed by atoms with Crippen LogP contribution in [-0.4, -0.2) is 37.6 Å². The van der Waals surface area contributed by atoms with Crippen LogP contribution in [0.4, 0.5) is 11.4 Å². The maximum absolute atomic E-state index is 12.9. The quantitative estimate of drug-likeness (QED) is 0.699. The van der Waals surface area contributed by atoms with Gasteiger partial charge in [0, 0.05) is 18.9 Å². The molecule has 4 rings (SSSR count). The van der Waals surface area contributed by atoms with E-state index in [0.29, 0.717) is 40.1 Å². The van der Waals surface area contributed by atoms with E-state index >= 15 is 0 Å². The van der Waals surface area contributed by atoms with Gasteiger partial charge in [-0.3, -0.25) is 9.59 Å². The van der Waals surface area contributed by atoms with Gasteiger partial charge in [0.2, 0.25) is 5.88 Å². The zero-order valence-corrected chi connectivity index (χ0v) is 16.4. The SMILES string of the molecule is COc1ccccc1OCC(=O)Nc1ccc2c(c1)C(=O)N(C)c1cccnc1O2. The highest BCUT2D eigenvalue weighted by Crippen LogP contribution is 2.37. The van der Waals surface area contributed by atoms with E-state index in [-0.39, 0.29) is 18.4 Å². The first-order chi connectivity index (χ1) is 14.6. The van der Waals surface area contributed by atoms with E-state index in [4.69, 9.17) is 14.2 Å². The van der Waals surface area contributed by atoms with E-state index in [9.17, 15) is 9.59 Å². The van der Waals surface area contributed by atoms with Crippen LogP contribution in [0.3, 0.4) is 0 Å². The molecule has 30 heavy (non-hydrogen) atoms. The van der Waals surface area contributed by atoms with E-state index in [1.807, 2.05) is 6.07 Å². The Morgan fingerprint density at radius 2 is 1.93 bits per heavy atom. The third-order valence-electron chi connectivity index (χ3n) is 4.55. The summed E-state index contributed by atoms with van der Waals surface area (Å²) in [4.78, 5) is 30.9. The lowest BCUT2D eigenvalue weighted by molar-refractivity contribution is -0.118. The molecule has 2 amide bonds. The van der Waals surface area contributed by atoms with Crippen LogP contribution in [0.2, 0.25) is 0 Å². The molecule has 0 saturated carbocycles. The third-order valence-corrected chi connectivity index (χ3v) is 4.55. The lowest BCUT2D eigenvalue weighted by Gasteiger charge is -2.15. The molecule has 3 aromatic rings. The molecule has 0 radical (unpaired) electrons. The number of amides is 2. The van der Waals surface area contributed by atoms with Crippen LogP contribution in [0.1, 0.15) is 10.4 Å². The van der Waals surface area contributed by atoms with E-state index in [1.165, 1.54) is 12.0 Å². The maximum Gasteiger partial charge on any atom is 0.262 e. The fourth-order valence-corrected chi connectivity index (χ4v) is 3.05. The molecular formula is C22H19N3O5. The molecule has 1 aliphatic heterocycles. The number of ether oxygens (including phenoxy) is 3. The molecule has 0 bridgehead atoms. The summed E-state index contributed by atoms with van der Waals surface area (Å²) in [7, 11) is 3.18. The monoisotopic (exact) mass is 405 g/mol. The molecule has 0 unspecified atom stereocenters. The summed E-state index contributed by atoms with van der Waals surface area (Å²) in [6.07, 6.45) is 1.60. The predicted octanol–water partition coefficient (Wildman–Crippen LogP) is 3.49. The first-order valence-electron chi connectivity index (χ1n) is 9.17. The number of carbonyl (C=O) groups is 2. The van der Waals surface area contributed by atoms with Gasteiger partial charge < -0.3 is 24.4 Å². The van der Waals surface area contributed by atoms with Crippen molar-refractivity contribution in [3.05, 3.63) is 66.4 Å². The molecule has 8 heteroatoms. The lowest BCUT2D eigenvalue weighted by Crippen LogP contribution is -2.25. The van der Waals surface area contributed by atoms with Crippen molar-refractivity contribution in [1.82, 2.24) is 4.98 Å². The number of para-hydroxylation sites is 2. The van der Waals surface area contributed by atoms with Crippen molar-refractivity contribution >= 4 is 23.2 Å². The van der Waals surface area contributed by atoms with Crippen LogP contribution in [0.5, 0.6) is 23.1 Å². The van der Waals surface area contributed by atoms with E-state index in [1.54, 1.807) is 61.8 Å². The van der Waals surface area contributed by atoms with Gasteiger partial charge in [0.15, 0.2) is 18.1 Å². The minimum atomic E-state index is -0.374. The number of nitrogens with zero attached hydrogens (tertiary/aromatic N) is 2. The summed E-state index contributed by atoms with van der Waals surface area (Å²) in [6, 6.07) is 15.4. The number of fused-ring (bicyclic) bond motifs is 2. The minimum Gasteiger partial charge on any atom is -0.493 e. The van der Waals surface area contributed by atoms with Gasteiger partial charge in [0.05, 0.1) is 12.7 Å². The highest BCUT2D eigenvalue weighted by atomic mass is 16.5. The van der Waals surface area contributed by atoms with Crippen molar-refractivity contribution < 1.29 is 23.8 Å². The number of nitrogens with one attached hydrogen (secondary N) is 1. The maximum atomic E-state index is 12.9. The third kappa shape index (κ3) is 3.75. The highest BCUT2D eigenvalue weighted by molar-refractivity contribution is 6.10. The predicted molar refractivity (Wildman–Crippen MR) is 111 cm³/mol. The van der Waals surface area contributed by atoms with Gasteiger partial charge in [-0.05, 0) is 42.5 Å². The largest absolute Gasteiger partial charge is 0.493 e. The van der Waals surface area contributed by atoms with Crippen molar-refractivity contribution in [2.24, 2.45) is 0 Å². The molecule has 1 aliphatic rings. The summed E-state index contributed by atoms with van der Waals surface area (Å²) < 4.78 is 16.5. The van der Waals surface area contributed by atoms with Crippen molar-refractivity contribution in [2.45, 2.75) is 0 Å². The number of rotatable bonds is 5. The summed E-state index contributed by atoms with van der Waals surface area (Å²) >= 11 is 0. The van der Waals surface area contributed by atoms with Crippen LogP contribution < -0.4 is 24.4 Å². The fraction of sp³-hybridized carbons (Fsp3) is 0.136. The molecule has 2 heterocycles. The number of benzene rings is 2. The average Bonchev–Trinajstić information content (AvgIpc) is 2.87. The Balaban J connectivity index is 1.49. The topological polar surface area (TPSA) is 90.0 Å². The van der Waals surface area contributed by atoms with Gasteiger partial charge in [-0.25, -0.2) is 4.98 Å². The lowest BCUT2D eigenvalue weighted by atomic mass is 10.1. The van der Waals surface area contributed by atoms with Crippen LogP contribution in [0.25, 0.3) is 0 Å². The Morgan fingerprint density at radius 3 is 2.73 bits per heavy atom. The number of anilines is 2. The summed E-state index contributed by atoms with van der Waals surface area (Å²) in [6.45, 7) is -0.211. The Bertz CT molecular complexity index is 1120. The van der Waals surface area contributed by atoms with Gasteiger partial charge in [0.25, 0.3) is 11.8 Å². The zero-order chi connectivity index (χ0) is 21.1. The Morgan fingerprint density at radius 1 is 1.13 bits per heavy atom. The first-order valence-corrected chi connectivity index (χ1v) is 9.17. The van der Waals surface area contributed by atoms with Crippen molar-refractivity contribution in [3.63, 3.8) is 0 Å². The summed E-state index contributed by atoms with van der Waals surface area (Å²) in [5.74, 6) is 1.07. The van der Waals surface area contributed by atoms with Crippen molar-refractivity contribution in [2.75, 3.05) is 31.0 Å². The van der Waals surface area contributed by atoms with Gasteiger partial charge in [-0.15, -0.1) is 0 Å². The summed E-state index contributed by atoms with van der Waals surface area (Å²) in [5.41, 5.74) is 1.33. The Kier molecular flexibility index (Phi) is 5.21. The van der Waals surface area contributed by atoms with E-state index in [0.717, 1.165) is 0 Å². The molecule has 0 aliphatic carbocycles. The Labute approximate surface area is 173 Å². The Hall–Kier alpha value is -4.07. The average molecular weight is 405 g/mol. The molecule has 0 fully saturated rings. The molecule has 0 spiro atoms. The highest BCUT2D eigenvalue weighted by Gasteiger charge is 2.26. The zero-order valence-electron chi connectivity index (χ0n) is 16.4. The van der Waals surface area contributed by atoms with Gasteiger partial charge in [-0.2, -0.15) is 0 Å². The molecule has 0 atom stereocenters. The molecule has 8 nitrogen and oxygen atoms in total. The standard InChI is InChI=1S/C22H19N3O5/c1-25-16-6-5-11-23-21(16)30-17-10-9-14(12-15(17)22(25)27)24-20(26)13-29-19-8-4-3-7-18(19)28-2/h3-12H,13H2,1-2H3,(H,24,26). The molecular weight excluding hydrogens is 386 g/mol. The van der Waals surface area contributed by atoms with Crippen LogP contribution >= 0.6 is 0 Å². The molecule has 152 valence electrons. The molecule has 1 N–H and O–H groups in total. The molecule has 1 aromatic heterocycles. The van der Waals surface area contributed by atoms with Crippen LogP contribution in [0, 0.1) is 0 Å². The van der Waals surface area contributed by atoms with Crippen LogP contribution in [0.15, 0.2) is 60.8 Å². The van der Waals surface area contributed by atoms with Gasteiger partial charge in [0.1, 0.15) is 11.4 Å². The second-order valence-electron chi connectivity index (χ2n) is 6.49. The van der Waals surface area contributed by atoms with E-state index in [2.05, 4.69) is 10.3 Å². The van der Waals surface area contributed by atoms with Crippen LogP contribution in [-0.2, 0) is 4.79 Å².